The van der Waals surface area contributed by atoms with E-state index >= 15 is 0 Å². The van der Waals surface area contributed by atoms with E-state index in [1.165, 1.54) is 11.3 Å². The highest BCUT2D eigenvalue weighted by molar-refractivity contribution is 7.80. The van der Waals surface area contributed by atoms with Gasteiger partial charge in [0.1, 0.15) is 4.88 Å². The first-order valence-corrected chi connectivity index (χ1v) is 9.77. The number of benzene rings is 2. The van der Waals surface area contributed by atoms with Crippen LogP contribution in [-0.2, 0) is 0 Å². The van der Waals surface area contributed by atoms with E-state index in [1.807, 2.05) is 31.2 Å². The van der Waals surface area contributed by atoms with E-state index in [9.17, 15) is 9.59 Å². The highest BCUT2D eigenvalue weighted by Crippen LogP contribution is 2.34. The summed E-state index contributed by atoms with van der Waals surface area (Å²) in [6.07, 6.45) is 0. The van der Waals surface area contributed by atoms with Crippen molar-refractivity contribution in [1.82, 2.24) is 10.6 Å². The molecule has 0 radical (unpaired) electrons. The van der Waals surface area contributed by atoms with Crippen molar-refractivity contribution >= 4 is 67.9 Å². The predicted octanol–water partition coefficient (Wildman–Crippen LogP) is 4.43. The average molecular weight is 418 g/mol. The van der Waals surface area contributed by atoms with Crippen LogP contribution in [0.4, 0.5) is 5.69 Å². The lowest BCUT2D eigenvalue weighted by Gasteiger charge is -2.10. The molecule has 0 unspecified atom stereocenters. The summed E-state index contributed by atoms with van der Waals surface area (Å²) in [6, 6.07) is 14.4. The molecule has 0 aliphatic heterocycles. The third kappa shape index (κ3) is 4.44. The summed E-state index contributed by atoms with van der Waals surface area (Å²) in [6.45, 7) is 2.39. The molecule has 1 aromatic heterocycles. The number of nitrogens with one attached hydrogen (secondary N) is 3. The summed E-state index contributed by atoms with van der Waals surface area (Å²) >= 11 is 12.8. The normalized spacial score (nSPS) is 10.4. The molecule has 0 bridgehead atoms. The minimum absolute atomic E-state index is 0.126. The van der Waals surface area contributed by atoms with Crippen LogP contribution in [0.15, 0.2) is 48.5 Å². The smallest absolute Gasteiger partial charge is 0.269 e. The molecule has 0 spiro atoms. The van der Waals surface area contributed by atoms with Crippen molar-refractivity contribution in [2.45, 2.75) is 6.92 Å². The second-order valence-corrected chi connectivity index (χ2v) is 7.43. The molecule has 0 saturated heterocycles. The number of thiophene rings is 1. The standard InChI is InChI=1S/C19H16ClN3O2S2/c1-2-21-17(24)11-6-5-7-12(10-11)22-19(26)23-18(25)16-15(20)13-8-3-4-9-14(13)27-16/h3-10H,2H2,1H3,(H,21,24)(H2,22,23,25,26). The van der Waals surface area contributed by atoms with Crippen LogP contribution in [0.25, 0.3) is 10.1 Å². The molecule has 2 amide bonds. The van der Waals surface area contributed by atoms with Crippen molar-refractivity contribution in [1.29, 1.82) is 0 Å². The van der Waals surface area contributed by atoms with Gasteiger partial charge in [-0.2, -0.15) is 0 Å². The van der Waals surface area contributed by atoms with Crippen molar-refractivity contribution in [2.24, 2.45) is 0 Å². The van der Waals surface area contributed by atoms with Crippen molar-refractivity contribution < 1.29 is 9.59 Å². The van der Waals surface area contributed by atoms with Gasteiger partial charge in [0.25, 0.3) is 11.8 Å². The Morgan fingerprint density at radius 1 is 1.11 bits per heavy atom. The Morgan fingerprint density at radius 3 is 2.63 bits per heavy atom. The molecular formula is C19H16ClN3O2S2. The van der Waals surface area contributed by atoms with Crippen molar-refractivity contribution in [3.05, 3.63) is 64.0 Å². The molecule has 8 heteroatoms. The molecule has 138 valence electrons. The Labute approximate surface area is 170 Å². The third-order valence-electron chi connectivity index (χ3n) is 3.69. The number of halogens is 1. The van der Waals surface area contributed by atoms with E-state index in [4.69, 9.17) is 23.8 Å². The average Bonchev–Trinajstić information content (AvgIpc) is 2.99. The number of rotatable bonds is 4. The van der Waals surface area contributed by atoms with Gasteiger partial charge in [-0.05, 0) is 43.4 Å². The number of fused-ring (bicyclic) bond motifs is 1. The zero-order valence-electron chi connectivity index (χ0n) is 14.3. The van der Waals surface area contributed by atoms with Crippen LogP contribution in [0, 0.1) is 0 Å². The second-order valence-electron chi connectivity index (χ2n) is 5.59. The van der Waals surface area contributed by atoms with Crippen LogP contribution in [-0.4, -0.2) is 23.5 Å². The molecule has 0 aliphatic carbocycles. The van der Waals surface area contributed by atoms with Gasteiger partial charge in [0.15, 0.2) is 5.11 Å². The summed E-state index contributed by atoms with van der Waals surface area (Å²) < 4.78 is 0.932. The third-order valence-corrected chi connectivity index (χ3v) is 5.57. The maximum Gasteiger partial charge on any atom is 0.269 e. The molecule has 0 atom stereocenters. The summed E-state index contributed by atoms with van der Waals surface area (Å²) in [5.41, 5.74) is 1.11. The molecule has 0 aliphatic rings. The van der Waals surface area contributed by atoms with Gasteiger partial charge >= 0.3 is 0 Å². The quantitative estimate of drug-likeness (QED) is 0.549. The fraction of sp³-hybridized carbons (Fsp3) is 0.105. The predicted molar refractivity (Wildman–Crippen MR) is 115 cm³/mol. The highest BCUT2D eigenvalue weighted by atomic mass is 35.5. The minimum Gasteiger partial charge on any atom is -0.352 e. The SMILES string of the molecule is CCNC(=O)c1cccc(NC(=S)NC(=O)c2sc3ccccc3c2Cl)c1. The molecule has 2 aromatic carbocycles. The number of hydrogen-bond acceptors (Lipinski definition) is 4. The van der Waals surface area contributed by atoms with Gasteiger partial charge in [0, 0.05) is 27.9 Å². The zero-order valence-corrected chi connectivity index (χ0v) is 16.7. The van der Waals surface area contributed by atoms with E-state index in [2.05, 4.69) is 16.0 Å². The summed E-state index contributed by atoms with van der Waals surface area (Å²) in [5.74, 6) is -0.549. The van der Waals surface area contributed by atoms with Gasteiger partial charge in [-0.25, -0.2) is 0 Å². The minimum atomic E-state index is -0.376. The Balaban J connectivity index is 1.70. The van der Waals surface area contributed by atoms with Crippen molar-refractivity contribution in [2.75, 3.05) is 11.9 Å². The molecule has 0 fully saturated rings. The van der Waals surface area contributed by atoms with E-state index < -0.39 is 0 Å². The van der Waals surface area contributed by atoms with Crippen LogP contribution < -0.4 is 16.0 Å². The maximum atomic E-state index is 12.5. The maximum absolute atomic E-state index is 12.5. The van der Waals surface area contributed by atoms with E-state index in [0.29, 0.717) is 27.7 Å². The van der Waals surface area contributed by atoms with Crippen LogP contribution in [0.1, 0.15) is 27.0 Å². The molecule has 1 heterocycles. The second kappa shape index (κ2) is 8.47. The first-order valence-electron chi connectivity index (χ1n) is 8.17. The Hall–Kier alpha value is -2.48. The summed E-state index contributed by atoms with van der Waals surface area (Å²) in [7, 11) is 0. The molecule has 5 nitrogen and oxygen atoms in total. The fourth-order valence-corrected chi connectivity index (χ4v) is 4.11. The first-order chi connectivity index (χ1) is 13.0. The van der Waals surface area contributed by atoms with E-state index in [1.54, 1.807) is 24.3 Å². The van der Waals surface area contributed by atoms with Crippen LogP contribution in [0.2, 0.25) is 5.02 Å². The van der Waals surface area contributed by atoms with E-state index in [0.717, 1.165) is 10.1 Å². The number of thiocarbonyl (C=S) groups is 1. The number of amides is 2. The molecule has 0 saturated carbocycles. The first kappa shape index (κ1) is 19.3. The topological polar surface area (TPSA) is 70.2 Å². The summed E-state index contributed by atoms with van der Waals surface area (Å²) in [4.78, 5) is 24.8. The molecular weight excluding hydrogens is 402 g/mol. The zero-order chi connectivity index (χ0) is 19.4. The van der Waals surface area contributed by atoms with Crippen molar-refractivity contribution in [3.8, 4) is 0 Å². The van der Waals surface area contributed by atoms with Crippen LogP contribution in [0.3, 0.4) is 0 Å². The van der Waals surface area contributed by atoms with Gasteiger partial charge < -0.3 is 10.6 Å². The summed E-state index contributed by atoms with van der Waals surface area (Å²) in [5, 5.41) is 9.65. The molecule has 3 aromatic rings. The number of carbonyl (C=O) groups excluding carboxylic acids is 2. The van der Waals surface area contributed by atoms with Gasteiger partial charge in [0.2, 0.25) is 0 Å². The van der Waals surface area contributed by atoms with Crippen LogP contribution in [0.5, 0.6) is 0 Å². The Bertz CT molecular complexity index is 1030. The highest BCUT2D eigenvalue weighted by Gasteiger charge is 2.18. The van der Waals surface area contributed by atoms with Gasteiger partial charge in [-0.15, -0.1) is 11.3 Å². The number of carbonyl (C=O) groups is 2. The van der Waals surface area contributed by atoms with Gasteiger partial charge in [-0.3, -0.25) is 14.9 Å². The number of hydrogen-bond donors (Lipinski definition) is 3. The largest absolute Gasteiger partial charge is 0.352 e. The van der Waals surface area contributed by atoms with Crippen LogP contribution >= 0.6 is 35.2 Å². The Kier molecular flexibility index (Phi) is 6.05. The van der Waals surface area contributed by atoms with Gasteiger partial charge in [0.05, 0.1) is 5.02 Å². The Morgan fingerprint density at radius 2 is 1.89 bits per heavy atom. The lowest BCUT2D eigenvalue weighted by molar-refractivity contribution is 0.0953. The van der Waals surface area contributed by atoms with Crippen molar-refractivity contribution in [3.63, 3.8) is 0 Å². The molecule has 27 heavy (non-hydrogen) atoms. The molecule has 3 rings (SSSR count). The monoisotopic (exact) mass is 417 g/mol. The lowest BCUT2D eigenvalue weighted by atomic mass is 10.2. The van der Waals surface area contributed by atoms with E-state index in [-0.39, 0.29) is 16.9 Å². The lowest BCUT2D eigenvalue weighted by Crippen LogP contribution is -2.33. The molecule has 3 N–H and O–H groups in total. The fourth-order valence-electron chi connectivity index (χ4n) is 2.48. The van der Waals surface area contributed by atoms with Gasteiger partial charge in [-0.1, -0.05) is 35.9 Å². The number of anilines is 1.